The molecule has 0 unspecified atom stereocenters. The quantitative estimate of drug-likeness (QED) is 0.665. The summed E-state index contributed by atoms with van der Waals surface area (Å²) < 4.78 is 6.39. The van der Waals surface area contributed by atoms with Crippen molar-refractivity contribution in [3.8, 4) is 0 Å². The Balaban J connectivity index is 0.00000121. The molecular weight excluding hydrogens is 180 g/mol. The Morgan fingerprint density at radius 2 is 2.42 bits per heavy atom. The van der Waals surface area contributed by atoms with Crippen molar-refractivity contribution < 1.29 is 9.53 Å². The molecule has 1 heterocycles. The number of imidazole rings is 1. The normalized spacial score (nSPS) is 8.75. The SMILES string of the molecule is CCOC(=O)Cn1ccnc1.Cl. The van der Waals surface area contributed by atoms with Crippen molar-refractivity contribution in [2.75, 3.05) is 6.61 Å². The van der Waals surface area contributed by atoms with Gasteiger partial charge in [0.15, 0.2) is 0 Å². The molecule has 4 nitrogen and oxygen atoms in total. The molecule has 68 valence electrons. The highest BCUT2D eigenvalue weighted by Gasteiger charge is 2.00. The largest absolute Gasteiger partial charge is 0.465 e. The first-order chi connectivity index (χ1) is 5.33. The number of carbonyl (C=O) groups excluding carboxylic acids is 1. The number of halogens is 1. The van der Waals surface area contributed by atoms with E-state index in [1.54, 1.807) is 30.2 Å². The van der Waals surface area contributed by atoms with Gasteiger partial charge in [-0.05, 0) is 6.92 Å². The summed E-state index contributed by atoms with van der Waals surface area (Å²) in [6, 6.07) is 0. The van der Waals surface area contributed by atoms with E-state index >= 15 is 0 Å². The Labute approximate surface area is 77.0 Å². The molecule has 1 rings (SSSR count). The number of ether oxygens (including phenoxy) is 1. The smallest absolute Gasteiger partial charge is 0.325 e. The predicted octanol–water partition coefficient (Wildman–Crippen LogP) is 0.868. The zero-order valence-electron chi connectivity index (χ0n) is 6.77. The number of hydrogen-bond acceptors (Lipinski definition) is 3. The molecule has 0 saturated heterocycles. The van der Waals surface area contributed by atoms with E-state index in [-0.39, 0.29) is 24.9 Å². The lowest BCUT2D eigenvalue weighted by atomic mass is 10.6. The van der Waals surface area contributed by atoms with Crippen LogP contribution in [0.4, 0.5) is 0 Å². The average Bonchev–Trinajstić information content (AvgIpc) is 2.40. The molecule has 1 aromatic rings. The maximum absolute atomic E-state index is 10.8. The van der Waals surface area contributed by atoms with Gasteiger partial charge in [-0.2, -0.15) is 0 Å². The average molecular weight is 191 g/mol. The summed E-state index contributed by atoms with van der Waals surface area (Å²) in [6.45, 7) is 2.45. The van der Waals surface area contributed by atoms with Gasteiger partial charge in [0, 0.05) is 12.4 Å². The number of aromatic nitrogens is 2. The van der Waals surface area contributed by atoms with Crippen LogP contribution in [-0.4, -0.2) is 22.1 Å². The molecule has 0 aliphatic carbocycles. The van der Waals surface area contributed by atoms with Crippen molar-refractivity contribution in [2.24, 2.45) is 0 Å². The van der Waals surface area contributed by atoms with Crippen LogP contribution in [0.2, 0.25) is 0 Å². The molecule has 0 aliphatic heterocycles. The van der Waals surface area contributed by atoms with Crippen LogP contribution < -0.4 is 0 Å². The van der Waals surface area contributed by atoms with Crippen LogP contribution in [0.5, 0.6) is 0 Å². The van der Waals surface area contributed by atoms with Gasteiger partial charge in [0.25, 0.3) is 0 Å². The van der Waals surface area contributed by atoms with Gasteiger partial charge >= 0.3 is 5.97 Å². The minimum absolute atomic E-state index is 0. The minimum Gasteiger partial charge on any atom is -0.465 e. The number of esters is 1. The van der Waals surface area contributed by atoms with Crippen molar-refractivity contribution in [1.29, 1.82) is 0 Å². The van der Waals surface area contributed by atoms with E-state index in [9.17, 15) is 4.79 Å². The monoisotopic (exact) mass is 190 g/mol. The first-order valence-corrected chi connectivity index (χ1v) is 3.44. The molecule has 0 radical (unpaired) electrons. The lowest BCUT2D eigenvalue weighted by Crippen LogP contribution is -2.11. The summed E-state index contributed by atoms with van der Waals surface area (Å²) in [4.78, 5) is 14.6. The molecule has 0 spiro atoms. The van der Waals surface area contributed by atoms with Crippen molar-refractivity contribution in [3.63, 3.8) is 0 Å². The topological polar surface area (TPSA) is 44.1 Å². The van der Waals surface area contributed by atoms with Gasteiger partial charge in [-0.1, -0.05) is 0 Å². The van der Waals surface area contributed by atoms with Crippen LogP contribution in [-0.2, 0) is 16.1 Å². The predicted molar refractivity (Wildman–Crippen MR) is 46.1 cm³/mol. The van der Waals surface area contributed by atoms with Gasteiger partial charge in [-0.15, -0.1) is 12.4 Å². The van der Waals surface area contributed by atoms with Crippen LogP contribution in [0.3, 0.4) is 0 Å². The standard InChI is InChI=1S/C7H10N2O2.ClH/c1-2-11-7(10)5-9-4-3-8-6-9;/h3-4,6H,2,5H2,1H3;1H. The third-order valence-corrected chi connectivity index (χ3v) is 1.18. The second-order valence-corrected chi connectivity index (χ2v) is 2.04. The van der Waals surface area contributed by atoms with Crippen molar-refractivity contribution >= 4 is 18.4 Å². The van der Waals surface area contributed by atoms with Gasteiger partial charge < -0.3 is 9.30 Å². The van der Waals surface area contributed by atoms with Gasteiger partial charge in [0.2, 0.25) is 0 Å². The third-order valence-electron chi connectivity index (χ3n) is 1.18. The third kappa shape index (κ3) is 3.39. The van der Waals surface area contributed by atoms with Crippen molar-refractivity contribution in [2.45, 2.75) is 13.5 Å². The van der Waals surface area contributed by atoms with E-state index in [1.165, 1.54) is 0 Å². The number of hydrogen-bond donors (Lipinski definition) is 0. The van der Waals surface area contributed by atoms with Crippen LogP contribution in [0, 0.1) is 0 Å². The number of carbonyl (C=O) groups is 1. The molecule has 5 heteroatoms. The van der Waals surface area contributed by atoms with Crippen molar-refractivity contribution in [1.82, 2.24) is 9.55 Å². The Bertz CT molecular complexity index is 223. The zero-order valence-corrected chi connectivity index (χ0v) is 7.58. The summed E-state index contributed by atoms with van der Waals surface area (Å²) in [5.74, 6) is -0.231. The molecule has 12 heavy (non-hydrogen) atoms. The summed E-state index contributed by atoms with van der Waals surface area (Å²) in [7, 11) is 0. The zero-order chi connectivity index (χ0) is 8.10. The molecular formula is C7H11ClN2O2. The van der Waals surface area contributed by atoms with E-state index in [4.69, 9.17) is 4.74 Å². The first kappa shape index (κ1) is 11.0. The summed E-state index contributed by atoms with van der Waals surface area (Å²) in [5.41, 5.74) is 0. The molecule has 0 N–H and O–H groups in total. The van der Waals surface area contributed by atoms with Gasteiger partial charge in [0.1, 0.15) is 6.54 Å². The Hall–Kier alpha value is -1.03. The van der Waals surface area contributed by atoms with E-state index < -0.39 is 0 Å². The number of nitrogens with zero attached hydrogens (tertiary/aromatic N) is 2. The summed E-state index contributed by atoms with van der Waals surface area (Å²) >= 11 is 0. The summed E-state index contributed by atoms with van der Waals surface area (Å²) in [6.07, 6.45) is 4.92. The highest BCUT2D eigenvalue weighted by atomic mass is 35.5. The van der Waals surface area contributed by atoms with Gasteiger partial charge in [-0.3, -0.25) is 4.79 Å². The molecule has 0 fully saturated rings. The molecule has 0 atom stereocenters. The Morgan fingerprint density at radius 1 is 1.67 bits per heavy atom. The van der Waals surface area contributed by atoms with Crippen LogP contribution in [0.1, 0.15) is 6.92 Å². The van der Waals surface area contributed by atoms with E-state index in [0.29, 0.717) is 6.61 Å². The van der Waals surface area contributed by atoms with E-state index in [2.05, 4.69) is 4.98 Å². The van der Waals surface area contributed by atoms with Gasteiger partial charge in [-0.25, -0.2) is 4.98 Å². The first-order valence-electron chi connectivity index (χ1n) is 3.44. The van der Waals surface area contributed by atoms with Crippen molar-refractivity contribution in [3.05, 3.63) is 18.7 Å². The molecule has 0 aliphatic rings. The second kappa shape index (κ2) is 5.60. The molecule has 0 aromatic carbocycles. The lowest BCUT2D eigenvalue weighted by molar-refractivity contribution is -0.143. The maximum Gasteiger partial charge on any atom is 0.325 e. The molecule has 0 saturated carbocycles. The molecule has 0 bridgehead atoms. The molecule has 1 aromatic heterocycles. The number of rotatable bonds is 3. The highest BCUT2D eigenvalue weighted by Crippen LogP contribution is 1.87. The summed E-state index contributed by atoms with van der Waals surface area (Å²) in [5, 5.41) is 0. The van der Waals surface area contributed by atoms with Crippen LogP contribution in [0.25, 0.3) is 0 Å². The molecule has 0 amide bonds. The fourth-order valence-electron chi connectivity index (χ4n) is 0.736. The minimum atomic E-state index is -0.231. The Kier molecular flexibility index (Phi) is 5.12. The highest BCUT2D eigenvalue weighted by molar-refractivity contribution is 5.85. The van der Waals surface area contributed by atoms with Crippen LogP contribution >= 0.6 is 12.4 Å². The fourth-order valence-corrected chi connectivity index (χ4v) is 0.736. The van der Waals surface area contributed by atoms with E-state index in [0.717, 1.165) is 0 Å². The maximum atomic E-state index is 10.8. The van der Waals surface area contributed by atoms with Crippen LogP contribution in [0.15, 0.2) is 18.7 Å². The second-order valence-electron chi connectivity index (χ2n) is 2.04. The van der Waals surface area contributed by atoms with E-state index in [1.807, 2.05) is 0 Å². The van der Waals surface area contributed by atoms with Gasteiger partial charge in [0.05, 0.1) is 12.9 Å². The fraction of sp³-hybridized carbons (Fsp3) is 0.429. The Morgan fingerprint density at radius 3 is 2.92 bits per heavy atom. The lowest BCUT2D eigenvalue weighted by Gasteiger charge is -2.00.